The zero-order chi connectivity index (χ0) is 20.1. The van der Waals surface area contributed by atoms with Crippen LogP contribution in [0.25, 0.3) is 17.4 Å². The average molecular weight is 378 g/mol. The molecular weight excluding hydrogens is 356 g/mol. The van der Waals surface area contributed by atoms with Crippen molar-refractivity contribution < 1.29 is 19.1 Å². The van der Waals surface area contributed by atoms with Gasteiger partial charge in [-0.05, 0) is 43.5 Å². The molecule has 0 radical (unpaired) electrons. The Morgan fingerprint density at radius 3 is 2.64 bits per heavy atom. The molecule has 1 aromatic heterocycles. The number of carboxylic acids is 1. The molecule has 3 rings (SSSR count). The van der Waals surface area contributed by atoms with Crippen molar-refractivity contribution in [2.75, 3.05) is 0 Å². The molecule has 0 unspecified atom stereocenters. The Labute approximate surface area is 163 Å². The highest BCUT2D eigenvalue weighted by atomic mass is 16.4. The number of aromatic carboxylic acids is 1. The molecule has 0 spiro atoms. The number of nitriles is 1. The lowest BCUT2D eigenvalue weighted by molar-refractivity contribution is -0.117. The highest BCUT2D eigenvalue weighted by molar-refractivity contribution is 6.01. The Balaban J connectivity index is 1.81. The van der Waals surface area contributed by atoms with E-state index in [0.717, 1.165) is 25.7 Å². The van der Waals surface area contributed by atoms with Gasteiger partial charge in [-0.25, -0.2) is 4.79 Å². The molecule has 1 aliphatic rings. The van der Waals surface area contributed by atoms with Crippen molar-refractivity contribution in [1.82, 2.24) is 5.32 Å². The molecule has 6 nitrogen and oxygen atoms in total. The maximum atomic E-state index is 12.4. The maximum Gasteiger partial charge on any atom is 0.335 e. The van der Waals surface area contributed by atoms with Crippen molar-refractivity contribution in [3.8, 4) is 17.4 Å². The molecule has 1 amide bonds. The van der Waals surface area contributed by atoms with E-state index in [9.17, 15) is 20.0 Å². The average Bonchev–Trinajstić information content (AvgIpc) is 3.15. The Hall–Kier alpha value is -3.33. The first-order valence-electron chi connectivity index (χ1n) is 9.35. The summed E-state index contributed by atoms with van der Waals surface area (Å²) in [6.45, 7) is 1.72. The monoisotopic (exact) mass is 378 g/mol. The van der Waals surface area contributed by atoms with Crippen molar-refractivity contribution in [1.29, 1.82) is 5.26 Å². The standard InChI is InChI=1S/C22H22N2O4/c1-14-18(8-5-9-19(14)22(26)27)20-11-10-17(28-20)12-15(13-23)21(25)24-16-6-3-2-4-7-16/h5,8-12,16H,2-4,6-7H2,1H3,(H,24,25)(H,26,27). The van der Waals surface area contributed by atoms with Gasteiger partial charge in [0.25, 0.3) is 5.91 Å². The summed E-state index contributed by atoms with van der Waals surface area (Å²) < 4.78 is 5.76. The predicted molar refractivity (Wildman–Crippen MR) is 104 cm³/mol. The minimum Gasteiger partial charge on any atom is -0.478 e. The smallest absolute Gasteiger partial charge is 0.335 e. The van der Waals surface area contributed by atoms with E-state index in [-0.39, 0.29) is 17.2 Å². The third-order valence-corrected chi connectivity index (χ3v) is 5.05. The van der Waals surface area contributed by atoms with Crippen LogP contribution in [0.5, 0.6) is 0 Å². The van der Waals surface area contributed by atoms with Crippen LogP contribution in [-0.4, -0.2) is 23.0 Å². The first-order valence-corrected chi connectivity index (χ1v) is 9.35. The second-order valence-electron chi connectivity index (χ2n) is 6.96. The van der Waals surface area contributed by atoms with Crippen molar-refractivity contribution in [3.63, 3.8) is 0 Å². The highest BCUT2D eigenvalue weighted by Gasteiger charge is 2.19. The van der Waals surface area contributed by atoms with Gasteiger partial charge in [0.1, 0.15) is 23.2 Å². The molecule has 2 N–H and O–H groups in total. The molecular formula is C22H22N2O4. The second-order valence-corrected chi connectivity index (χ2v) is 6.96. The molecule has 0 aliphatic heterocycles. The first-order chi connectivity index (χ1) is 13.5. The molecule has 1 fully saturated rings. The number of hydrogen-bond acceptors (Lipinski definition) is 4. The van der Waals surface area contributed by atoms with Crippen LogP contribution in [0.4, 0.5) is 0 Å². The number of carboxylic acid groups (broad SMARTS) is 1. The Kier molecular flexibility index (Phi) is 5.95. The molecule has 144 valence electrons. The van der Waals surface area contributed by atoms with Crippen LogP contribution in [0.2, 0.25) is 0 Å². The van der Waals surface area contributed by atoms with Gasteiger partial charge in [-0.15, -0.1) is 0 Å². The summed E-state index contributed by atoms with van der Waals surface area (Å²) in [5.74, 6) is -0.545. The molecule has 28 heavy (non-hydrogen) atoms. The van der Waals surface area contributed by atoms with Gasteiger partial charge in [0.05, 0.1) is 5.56 Å². The Morgan fingerprint density at radius 1 is 1.21 bits per heavy atom. The van der Waals surface area contributed by atoms with Gasteiger partial charge in [-0.1, -0.05) is 31.4 Å². The molecule has 1 saturated carbocycles. The Bertz CT molecular complexity index is 959. The lowest BCUT2D eigenvalue weighted by Gasteiger charge is -2.22. The van der Waals surface area contributed by atoms with Crippen LogP contribution in [0.15, 0.2) is 40.3 Å². The number of hydrogen-bond donors (Lipinski definition) is 2. The second kappa shape index (κ2) is 8.57. The fraction of sp³-hybridized carbons (Fsp3) is 0.318. The van der Waals surface area contributed by atoms with Gasteiger partial charge in [0.15, 0.2) is 0 Å². The van der Waals surface area contributed by atoms with E-state index in [0.29, 0.717) is 22.6 Å². The van der Waals surface area contributed by atoms with Crippen LogP contribution >= 0.6 is 0 Å². The fourth-order valence-electron chi connectivity index (χ4n) is 3.51. The number of nitrogens with zero attached hydrogens (tertiary/aromatic N) is 1. The summed E-state index contributed by atoms with van der Waals surface area (Å²) >= 11 is 0. The van der Waals surface area contributed by atoms with Gasteiger partial charge in [0, 0.05) is 17.7 Å². The van der Waals surface area contributed by atoms with E-state index in [1.165, 1.54) is 18.6 Å². The summed E-state index contributed by atoms with van der Waals surface area (Å²) in [4.78, 5) is 23.7. The molecule has 0 bridgehead atoms. The van der Waals surface area contributed by atoms with Crippen LogP contribution in [0.1, 0.15) is 53.8 Å². The molecule has 6 heteroatoms. The summed E-state index contributed by atoms with van der Waals surface area (Å²) in [5, 5.41) is 21.6. The predicted octanol–water partition coefficient (Wildman–Crippen LogP) is 4.31. The summed E-state index contributed by atoms with van der Waals surface area (Å²) in [6.07, 6.45) is 6.66. The maximum absolute atomic E-state index is 12.4. The van der Waals surface area contributed by atoms with Gasteiger partial charge in [-0.2, -0.15) is 5.26 Å². The van der Waals surface area contributed by atoms with E-state index < -0.39 is 11.9 Å². The van der Waals surface area contributed by atoms with Gasteiger partial charge in [0.2, 0.25) is 0 Å². The molecule has 2 aromatic rings. The Morgan fingerprint density at radius 2 is 1.96 bits per heavy atom. The van der Waals surface area contributed by atoms with E-state index in [1.807, 2.05) is 6.07 Å². The molecule has 0 saturated heterocycles. The van der Waals surface area contributed by atoms with Crippen LogP contribution in [0.3, 0.4) is 0 Å². The first kappa shape index (κ1) is 19.4. The normalized spacial score (nSPS) is 15.1. The molecule has 1 heterocycles. The largest absolute Gasteiger partial charge is 0.478 e. The van der Waals surface area contributed by atoms with E-state index in [2.05, 4.69) is 5.32 Å². The van der Waals surface area contributed by atoms with Gasteiger partial charge >= 0.3 is 5.97 Å². The van der Waals surface area contributed by atoms with Crippen molar-refractivity contribution in [2.45, 2.75) is 45.1 Å². The quantitative estimate of drug-likeness (QED) is 0.596. The number of carbonyl (C=O) groups excluding carboxylic acids is 1. The molecule has 1 aliphatic carbocycles. The third-order valence-electron chi connectivity index (χ3n) is 5.05. The minimum atomic E-state index is -1.00. The number of furan rings is 1. The minimum absolute atomic E-state index is 0.0116. The number of carbonyl (C=O) groups is 2. The summed E-state index contributed by atoms with van der Waals surface area (Å²) in [6, 6.07) is 10.4. The summed E-state index contributed by atoms with van der Waals surface area (Å²) in [5.41, 5.74) is 1.44. The summed E-state index contributed by atoms with van der Waals surface area (Å²) in [7, 11) is 0. The van der Waals surface area contributed by atoms with Crippen LogP contribution in [0, 0.1) is 18.3 Å². The lowest BCUT2D eigenvalue weighted by atomic mass is 9.95. The number of amides is 1. The number of nitrogens with one attached hydrogen (secondary N) is 1. The van der Waals surface area contributed by atoms with Gasteiger partial charge < -0.3 is 14.8 Å². The molecule has 0 atom stereocenters. The zero-order valence-electron chi connectivity index (χ0n) is 15.7. The zero-order valence-corrected chi connectivity index (χ0v) is 15.7. The van der Waals surface area contributed by atoms with Crippen molar-refractivity contribution in [3.05, 3.63) is 52.8 Å². The van der Waals surface area contributed by atoms with Crippen molar-refractivity contribution in [2.24, 2.45) is 0 Å². The van der Waals surface area contributed by atoms with E-state index >= 15 is 0 Å². The SMILES string of the molecule is Cc1c(C(=O)O)cccc1-c1ccc(C=C(C#N)C(=O)NC2CCCCC2)o1. The topological polar surface area (TPSA) is 103 Å². The van der Waals surface area contributed by atoms with Gasteiger partial charge in [-0.3, -0.25) is 4.79 Å². The number of rotatable bonds is 5. The van der Waals surface area contributed by atoms with Crippen LogP contribution in [-0.2, 0) is 4.79 Å². The fourth-order valence-corrected chi connectivity index (χ4v) is 3.51. The van der Waals surface area contributed by atoms with E-state index in [4.69, 9.17) is 4.42 Å². The molecule has 1 aromatic carbocycles. The van der Waals surface area contributed by atoms with Crippen LogP contribution < -0.4 is 5.32 Å². The van der Waals surface area contributed by atoms with Crippen molar-refractivity contribution >= 4 is 18.0 Å². The third kappa shape index (κ3) is 4.32. The lowest BCUT2D eigenvalue weighted by Crippen LogP contribution is -2.36. The highest BCUT2D eigenvalue weighted by Crippen LogP contribution is 2.28. The van der Waals surface area contributed by atoms with E-state index in [1.54, 1.807) is 31.2 Å². The number of benzene rings is 1.